The predicted molar refractivity (Wildman–Crippen MR) is 112 cm³/mol. The maximum Gasteiger partial charge on any atom is 0.253 e. The minimum Gasteiger partial charge on any atom is -0.339 e. The Morgan fingerprint density at radius 1 is 0.793 bits per heavy atom. The molecule has 0 aromatic heterocycles. The van der Waals surface area contributed by atoms with E-state index in [9.17, 15) is 14.4 Å². The van der Waals surface area contributed by atoms with E-state index in [4.69, 9.17) is 0 Å². The van der Waals surface area contributed by atoms with E-state index in [2.05, 4.69) is 5.32 Å². The molecule has 4 rings (SSSR count). The standard InChI is InChI=1S/C24H26N2O3/c27-22(20-7-6-17-4-3-5-19(17)16-20)12-13-23(28)25-21-10-8-18(9-11-21)24(29)26-14-1-2-15-26/h6-11,16H,1-5,12-15H2,(H,25,28). The van der Waals surface area contributed by atoms with Gasteiger partial charge in [-0.1, -0.05) is 12.1 Å². The second kappa shape index (κ2) is 8.60. The van der Waals surface area contributed by atoms with Crippen molar-refractivity contribution in [2.24, 2.45) is 0 Å². The molecule has 1 aliphatic heterocycles. The van der Waals surface area contributed by atoms with Gasteiger partial charge in [-0.3, -0.25) is 14.4 Å². The number of nitrogens with one attached hydrogen (secondary N) is 1. The van der Waals surface area contributed by atoms with Gasteiger partial charge < -0.3 is 10.2 Å². The number of likely N-dealkylation sites (tertiary alicyclic amines) is 1. The van der Waals surface area contributed by atoms with Crippen LogP contribution in [0.4, 0.5) is 5.69 Å². The summed E-state index contributed by atoms with van der Waals surface area (Å²) in [5, 5.41) is 2.81. The van der Waals surface area contributed by atoms with Crippen molar-refractivity contribution >= 4 is 23.3 Å². The summed E-state index contributed by atoms with van der Waals surface area (Å²) >= 11 is 0. The fourth-order valence-corrected chi connectivity index (χ4v) is 4.14. The zero-order valence-electron chi connectivity index (χ0n) is 16.6. The van der Waals surface area contributed by atoms with E-state index in [1.165, 1.54) is 11.1 Å². The number of nitrogens with zero attached hydrogens (tertiary/aromatic N) is 1. The van der Waals surface area contributed by atoms with Gasteiger partial charge in [-0.2, -0.15) is 0 Å². The zero-order chi connectivity index (χ0) is 20.2. The first-order valence-corrected chi connectivity index (χ1v) is 10.4. The highest BCUT2D eigenvalue weighted by atomic mass is 16.2. The van der Waals surface area contributed by atoms with Crippen molar-refractivity contribution < 1.29 is 14.4 Å². The molecule has 1 heterocycles. The molecular formula is C24H26N2O3. The molecule has 2 aromatic carbocycles. The second-order valence-electron chi connectivity index (χ2n) is 7.89. The van der Waals surface area contributed by atoms with E-state index < -0.39 is 0 Å². The highest BCUT2D eigenvalue weighted by Crippen LogP contribution is 2.23. The zero-order valence-corrected chi connectivity index (χ0v) is 16.6. The Labute approximate surface area is 171 Å². The Kier molecular flexibility index (Phi) is 5.74. The minimum absolute atomic E-state index is 0.00130. The molecule has 1 fully saturated rings. The van der Waals surface area contributed by atoms with E-state index in [1.807, 2.05) is 23.1 Å². The van der Waals surface area contributed by atoms with Crippen LogP contribution in [0.5, 0.6) is 0 Å². The van der Waals surface area contributed by atoms with Crippen molar-refractivity contribution in [3.8, 4) is 0 Å². The third-order valence-electron chi connectivity index (χ3n) is 5.81. The number of Topliss-reactive ketones (excluding diaryl/α,β-unsaturated/α-hetero) is 1. The molecule has 0 atom stereocenters. The molecule has 0 radical (unpaired) electrons. The Morgan fingerprint density at radius 2 is 1.48 bits per heavy atom. The quantitative estimate of drug-likeness (QED) is 0.758. The van der Waals surface area contributed by atoms with Crippen LogP contribution in [0.1, 0.15) is 63.9 Å². The fraction of sp³-hybridized carbons (Fsp3) is 0.375. The topological polar surface area (TPSA) is 66.5 Å². The number of ketones is 1. The van der Waals surface area contributed by atoms with Gasteiger partial charge in [0.25, 0.3) is 5.91 Å². The smallest absolute Gasteiger partial charge is 0.253 e. The molecule has 2 aliphatic rings. The summed E-state index contributed by atoms with van der Waals surface area (Å²) in [6.07, 6.45) is 5.73. The van der Waals surface area contributed by atoms with Gasteiger partial charge in [0.05, 0.1) is 0 Å². The number of rotatable bonds is 6. The van der Waals surface area contributed by atoms with E-state index in [0.717, 1.165) is 45.2 Å². The van der Waals surface area contributed by atoms with Crippen LogP contribution in [0.2, 0.25) is 0 Å². The Bertz CT molecular complexity index is 928. The first kappa shape index (κ1) is 19.4. The molecular weight excluding hydrogens is 364 g/mol. The van der Waals surface area contributed by atoms with Gasteiger partial charge in [0.15, 0.2) is 5.78 Å². The summed E-state index contributed by atoms with van der Waals surface area (Å²) in [5.41, 5.74) is 4.58. The molecule has 2 aromatic rings. The Morgan fingerprint density at radius 3 is 2.24 bits per heavy atom. The van der Waals surface area contributed by atoms with Gasteiger partial charge in [0.1, 0.15) is 0 Å². The summed E-state index contributed by atoms with van der Waals surface area (Å²) in [7, 11) is 0. The maximum absolute atomic E-state index is 12.4. The summed E-state index contributed by atoms with van der Waals surface area (Å²) in [4.78, 5) is 38.9. The monoisotopic (exact) mass is 390 g/mol. The highest BCUT2D eigenvalue weighted by Gasteiger charge is 2.19. The van der Waals surface area contributed by atoms with Crippen molar-refractivity contribution in [2.75, 3.05) is 18.4 Å². The maximum atomic E-state index is 12.4. The van der Waals surface area contributed by atoms with Crippen LogP contribution in [0.3, 0.4) is 0 Å². The summed E-state index contributed by atoms with van der Waals surface area (Å²) in [5.74, 6) is -0.153. The number of hydrogen-bond donors (Lipinski definition) is 1. The van der Waals surface area contributed by atoms with Gasteiger partial charge in [0.2, 0.25) is 5.91 Å². The lowest BCUT2D eigenvalue weighted by Crippen LogP contribution is -2.27. The van der Waals surface area contributed by atoms with Crippen molar-refractivity contribution in [3.05, 3.63) is 64.7 Å². The molecule has 0 saturated carbocycles. The van der Waals surface area contributed by atoms with E-state index in [1.54, 1.807) is 24.3 Å². The predicted octanol–water partition coefficient (Wildman–Crippen LogP) is 4.01. The van der Waals surface area contributed by atoms with Crippen molar-refractivity contribution in [1.29, 1.82) is 0 Å². The number of hydrogen-bond acceptors (Lipinski definition) is 3. The van der Waals surface area contributed by atoms with E-state index >= 15 is 0 Å². The second-order valence-corrected chi connectivity index (χ2v) is 7.89. The molecule has 1 N–H and O–H groups in total. The van der Waals surface area contributed by atoms with Crippen LogP contribution < -0.4 is 5.32 Å². The average molecular weight is 390 g/mol. The van der Waals surface area contributed by atoms with Crippen LogP contribution in [-0.4, -0.2) is 35.6 Å². The van der Waals surface area contributed by atoms with Gasteiger partial charge in [-0.15, -0.1) is 0 Å². The van der Waals surface area contributed by atoms with Crippen LogP contribution >= 0.6 is 0 Å². The number of aryl methyl sites for hydroxylation is 2. The Balaban J connectivity index is 1.28. The number of fused-ring (bicyclic) bond motifs is 1. The molecule has 29 heavy (non-hydrogen) atoms. The molecule has 5 heteroatoms. The normalized spacial score (nSPS) is 15.2. The molecule has 0 spiro atoms. The molecule has 5 nitrogen and oxygen atoms in total. The highest BCUT2D eigenvalue weighted by molar-refractivity contribution is 6.00. The van der Waals surface area contributed by atoms with Crippen LogP contribution in [0.15, 0.2) is 42.5 Å². The fourth-order valence-electron chi connectivity index (χ4n) is 4.14. The number of anilines is 1. The number of carbonyl (C=O) groups excluding carboxylic acids is 3. The largest absolute Gasteiger partial charge is 0.339 e. The molecule has 0 bridgehead atoms. The first-order chi connectivity index (χ1) is 14.1. The molecule has 0 unspecified atom stereocenters. The summed E-state index contributed by atoms with van der Waals surface area (Å²) in [6, 6.07) is 12.9. The average Bonchev–Trinajstić information content (AvgIpc) is 3.43. The molecule has 2 amide bonds. The van der Waals surface area contributed by atoms with Gasteiger partial charge in [-0.25, -0.2) is 0 Å². The van der Waals surface area contributed by atoms with Crippen molar-refractivity contribution in [1.82, 2.24) is 4.90 Å². The lowest BCUT2D eigenvalue weighted by atomic mass is 10.0. The van der Waals surface area contributed by atoms with Crippen LogP contribution in [0, 0.1) is 0 Å². The number of benzene rings is 2. The first-order valence-electron chi connectivity index (χ1n) is 10.4. The van der Waals surface area contributed by atoms with Crippen LogP contribution in [-0.2, 0) is 17.6 Å². The SMILES string of the molecule is O=C(CCC(=O)c1ccc2c(c1)CCC2)Nc1ccc(C(=O)N2CCCC2)cc1. The van der Waals surface area contributed by atoms with Crippen LogP contribution in [0.25, 0.3) is 0 Å². The van der Waals surface area contributed by atoms with Crippen molar-refractivity contribution in [2.45, 2.75) is 44.9 Å². The molecule has 1 aliphatic carbocycles. The lowest BCUT2D eigenvalue weighted by molar-refractivity contribution is -0.116. The van der Waals surface area contributed by atoms with E-state index in [-0.39, 0.29) is 30.4 Å². The van der Waals surface area contributed by atoms with Gasteiger partial charge in [0, 0.05) is 42.7 Å². The summed E-state index contributed by atoms with van der Waals surface area (Å²) < 4.78 is 0. The third kappa shape index (κ3) is 4.56. The minimum atomic E-state index is -0.196. The lowest BCUT2D eigenvalue weighted by Gasteiger charge is -2.15. The third-order valence-corrected chi connectivity index (χ3v) is 5.81. The van der Waals surface area contributed by atoms with Gasteiger partial charge in [-0.05, 0) is 73.6 Å². The number of amides is 2. The Hall–Kier alpha value is -2.95. The number of carbonyl (C=O) groups is 3. The van der Waals surface area contributed by atoms with E-state index in [0.29, 0.717) is 16.8 Å². The van der Waals surface area contributed by atoms with Crippen molar-refractivity contribution in [3.63, 3.8) is 0 Å². The molecule has 150 valence electrons. The summed E-state index contributed by atoms with van der Waals surface area (Å²) in [6.45, 7) is 1.63. The van der Waals surface area contributed by atoms with Gasteiger partial charge >= 0.3 is 0 Å². The molecule has 1 saturated heterocycles.